The van der Waals surface area contributed by atoms with Crippen molar-refractivity contribution in [2.75, 3.05) is 7.11 Å². The largest absolute Gasteiger partial charge is 0.496 e. The zero-order valence-electron chi connectivity index (χ0n) is 20.6. The molecule has 202 valence electrons. The zero-order chi connectivity index (χ0) is 28.8. The van der Waals surface area contributed by atoms with E-state index in [1.807, 2.05) is 0 Å². The van der Waals surface area contributed by atoms with Crippen LogP contribution in [0.5, 0.6) is 5.75 Å². The highest BCUT2D eigenvalue weighted by Crippen LogP contribution is 2.33. The number of hydrogen-bond acceptors (Lipinski definition) is 11. The number of methoxy groups -OCH3 is 1. The van der Waals surface area contributed by atoms with E-state index in [9.17, 15) is 29.8 Å². The van der Waals surface area contributed by atoms with Gasteiger partial charge in [0.15, 0.2) is 11.8 Å². The minimum atomic E-state index is -1.09. The Morgan fingerprint density at radius 3 is 1.98 bits per heavy atom. The molecule has 4 rings (SSSR count). The van der Waals surface area contributed by atoms with Crippen LogP contribution in [0.3, 0.4) is 0 Å². The number of nitrogens with one attached hydrogen (secondary N) is 3. The minimum Gasteiger partial charge on any atom is -0.496 e. The summed E-state index contributed by atoms with van der Waals surface area (Å²) in [5, 5.41) is 38.4. The van der Waals surface area contributed by atoms with Gasteiger partial charge in [-0.1, -0.05) is 30.3 Å². The summed E-state index contributed by atoms with van der Waals surface area (Å²) in [6.45, 7) is 0. The van der Waals surface area contributed by atoms with E-state index in [0.717, 1.165) is 12.1 Å². The van der Waals surface area contributed by atoms with E-state index in [1.165, 1.54) is 43.5 Å². The Hall–Kier alpha value is -5.99. The molecule has 0 bridgehead atoms. The Balaban J connectivity index is 1.68. The third-order valence-electron chi connectivity index (χ3n) is 5.55. The van der Waals surface area contributed by atoms with E-state index in [1.54, 1.807) is 24.3 Å². The van der Waals surface area contributed by atoms with Gasteiger partial charge in [0.2, 0.25) is 5.90 Å². The van der Waals surface area contributed by atoms with Gasteiger partial charge < -0.3 is 9.47 Å². The molecule has 0 aliphatic carbocycles. The summed E-state index contributed by atoms with van der Waals surface area (Å²) in [6.07, 6.45) is -1.09. The Bertz CT molecular complexity index is 1600. The number of nitrogens with zero attached hydrogens (tertiary/aromatic N) is 4. The maximum absolute atomic E-state index is 12.7. The third-order valence-corrected chi connectivity index (χ3v) is 5.55. The molecule has 3 aromatic rings. The lowest BCUT2D eigenvalue weighted by molar-refractivity contribution is -0.385. The first kappa shape index (κ1) is 27.1. The Labute approximate surface area is 224 Å². The van der Waals surface area contributed by atoms with Crippen molar-refractivity contribution in [2.45, 2.75) is 6.10 Å². The molecule has 1 aliphatic heterocycles. The third kappa shape index (κ3) is 5.77. The fourth-order valence-corrected chi connectivity index (χ4v) is 3.65. The van der Waals surface area contributed by atoms with Crippen LogP contribution in [0.2, 0.25) is 0 Å². The van der Waals surface area contributed by atoms with Crippen molar-refractivity contribution in [1.82, 2.24) is 10.9 Å². The van der Waals surface area contributed by atoms with E-state index >= 15 is 0 Å². The number of rotatable bonds is 8. The average molecular weight is 545 g/mol. The average Bonchev–Trinajstić information content (AvgIpc) is 3.28. The number of nitro benzene ring substituents is 2. The normalized spacial score (nSPS) is 16.3. The maximum Gasteiger partial charge on any atom is 0.271 e. The van der Waals surface area contributed by atoms with Crippen molar-refractivity contribution in [3.05, 3.63) is 110 Å². The number of carbonyl (C=O) groups is 2. The standard InChI is InChI=1S/C25H19N7O8/c1-39-19-11-3-2-10-18(19)22-20(27-29-24(33)14-6-4-8-16(12-14)31(35)36)21(23(26)40-22)28-30-25(34)15-7-5-9-17(13-15)32(37)38/h2-13,22,26H,1H3,(H,29,33)(H,30,34)/b26-23?,27-20+,28-21-. The topological polar surface area (TPSA) is 212 Å². The van der Waals surface area contributed by atoms with Gasteiger partial charge in [-0.25, -0.2) is 10.9 Å². The summed E-state index contributed by atoms with van der Waals surface area (Å²) >= 11 is 0. The van der Waals surface area contributed by atoms with Gasteiger partial charge in [-0.05, 0) is 18.2 Å². The molecule has 1 fully saturated rings. The fraction of sp³-hybridized carbons (Fsp3) is 0.0800. The molecule has 0 saturated carbocycles. The van der Waals surface area contributed by atoms with Gasteiger partial charge in [-0.2, -0.15) is 10.2 Å². The second-order valence-electron chi connectivity index (χ2n) is 8.02. The number of para-hydroxylation sites is 1. The highest BCUT2D eigenvalue weighted by atomic mass is 16.6. The van der Waals surface area contributed by atoms with Gasteiger partial charge in [0.05, 0.1) is 17.0 Å². The lowest BCUT2D eigenvalue weighted by atomic mass is 10.0. The summed E-state index contributed by atoms with van der Waals surface area (Å²) in [6, 6.07) is 16.6. The predicted octanol–water partition coefficient (Wildman–Crippen LogP) is 3.13. The highest BCUT2D eigenvalue weighted by Gasteiger charge is 2.39. The molecular formula is C25H19N7O8. The molecule has 1 unspecified atom stereocenters. The molecule has 0 spiro atoms. The maximum atomic E-state index is 12.7. The second kappa shape index (κ2) is 11.6. The summed E-state index contributed by atoms with van der Waals surface area (Å²) in [4.78, 5) is 46.2. The fourth-order valence-electron chi connectivity index (χ4n) is 3.65. The van der Waals surface area contributed by atoms with Crippen LogP contribution in [-0.2, 0) is 4.74 Å². The quantitative estimate of drug-likeness (QED) is 0.282. The van der Waals surface area contributed by atoms with Gasteiger partial charge in [0, 0.05) is 41.0 Å². The van der Waals surface area contributed by atoms with Crippen LogP contribution >= 0.6 is 0 Å². The Morgan fingerprint density at radius 1 is 0.875 bits per heavy atom. The van der Waals surface area contributed by atoms with Gasteiger partial charge >= 0.3 is 0 Å². The molecule has 15 heteroatoms. The number of carbonyl (C=O) groups excluding carboxylic acids is 2. The molecular weight excluding hydrogens is 526 g/mol. The van der Waals surface area contributed by atoms with E-state index in [-0.39, 0.29) is 33.9 Å². The first-order chi connectivity index (χ1) is 19.2. The van der Waals surface area contributed by atoms with Crippen molar-refractivity contribution in [2.24, 2.45) is 10.2 Å². The first-order valence-corrected chi connectivity index (χ1v) is 11.3. The van der Waals surface area contributed by atoms with E-state index in [2.05, 4.69) is 21.1 Å². The van der Waals surface area contributed by atoms with Crippen LogP contribution in [0.15, 0.2) is 83.0 Å². The number of nitro groups is 2. The number of hydrazone groups is 2. The molecule has 2 amide bonds. The van der Waals surface area contributed by atoms with Gasteiger partial charge in [0.25, 0.3) is 23.2 Å². The van der Waals surface area contributed by atoms with Crippen LogP contribution in [0.1, 0.15) is 32.4 Å². The van der Waals surface area contributed by atoms with Crippen molar-refractivity contribution in [3.63, 3.8) is 0 Å². The molecule has 3 N–H and O–H groups in total. The summed E-state index contributed by atoms with van der Waals surface area (Å²) in [5.41, 5.74) is 3.84. The second-order valence-corrected chi connectivity index (χ2v) is 8.02. The van der Waals surface area contributed by atoms with Crippen molar-refractivity contribution in [1.29, 1.82) is 5.41 Å². The highest BCUT2D eigenvalue weighted by molar-refractivity contribution is 6.69. The molecule has 1 aliphatic rings. The van der Waals surface area contributed by atoms with Crippen molar-refractivity contribution >= 4 is 40.5 Å². The summed E-state index contributed by atoms with van der Waals surface area (Å²) in [7, 11) is 1.42. The predicted molar refractivity (Wildman–Crippen MR) is 141 cm³/mol. The smallest absolute Gasteiger partial charge is 0.271 e. The first-order valence-electron chi connectivity index (χ1n) is 11.3. The Kier molecular flexibility index (Phi) is 7.84. The van der Waals surface area contributed by atoms with Crippen LogP contribution in [-0.4, -0.2) is 46.1 Å². The molecule has 40 heavy (non-hydrogen) atoms. The monoisotopic (exact) mass is 545 g/mol. The molecule has 1 atom stereocenters. The van der Waals surface area contributed by atoms with Crippen LogP contribution in [0.4, 0.5) is 11.4 Å². The van der Waals surface area contributed by atoms with E-state index in [0.29, 0.717) is 11.3 Å². The number of ether oxygens (including phenoxy) is 2. The van der Waals surface area contributed by atoms with Gasteiger partial charge in [0.1, 0.15) is 11.5 Å². The molecule has 1 saturated heterocycles. The van der Waals surface area contributed by atoms with E-state index < -0.39 is 33.7 Å². The lowest BCUT2D eigenvalue weighted by Crippen LogP contribution is -2.28. The van der Waals surface area contributed by atoms with Crippen LogP contribution < -0.4 is 15.6 Å². The lowest BCUT2D eigenvalue weighted by Gasteiger charge is -2.14. The molecule has 15 nitrogen and oxygen atoms in total. The SMILES string of the molecule is COc1ccccc1C1OC(=N)C(=N\NC(=O)c2cccc([N+](=O)[O-])c2)/C1=N\NC(=O)c1cccc([N+](=O)[O-])c1. The molecule has 0 radical (unpaired) electrons. The van der Waals surface area contributed by atoms with Gasteiger partial charge in [-0.3, -0.25) is 35.2 Å². The van der Waals surface area contributed by atoms with Crippen molar-refractivity contribution < 1.29 is 28.9 Å². The molecule has 0 aromatic heterocycles. The van der Waals surface area contributed by atoms with Crippen molar-refractivity contribution in [3.8, 4) is 5.75 Å². The minimum absolute atomic E-state index is 0.0566. The zero-order valence-corrected chi connectivity index (χ0v) is 20.6. The molecule has 1 heterocycles. The van der Waals surface area contributed by atoms with Crippen LogP contribution in [0, 0.1) is 25.6 Å². The van der Waals surface area contributed by atoms with Gasteiger partial charge in [-0.15, -0.1) is 0 Å². The number of hydrogen-bond donors (Lipinski definition) is 3. The number of benzene rings is 3. The molecule has 3 aromatic carbocycles. The van der Waals surface area contributed by atoms with Crippen LogP contribution in [0.25, 0.3) is 0 Å². The Morgan fingerprint density at radius 2 is 1.43 bits per heavy atom. The summed E-state index contributed by atoms with van der Waals surface area (Å²) in [5.74, 6) is -1.74. The van der Waals surface area contributed by atoms with E-state index in [4.69, 9.17) is 14.9 Å². The summed E-state index contributed by atoms with van der Waals surface area (Å²) < 4.78 is 11.0. The number of non-ortho nitro benzene ring substituents is 2. The number of amides is 2.